The van der Waals surface area contributed by atoms with E-state index in [1.54, 1.807) is 7.11 Å². The molecule has 1 amide bonds. The molecule has 0 fully saturated rings. The Morgan fingerprint density at radius 1 is 1.12 bits per heavy atom. The maximum absolute atomic E-state index is 11.2. The van der Waals surface area contributed by atoms with Crippen LogP contribution in [0.2, 0.25) is 11.1 Å². The molecular formula is C11H24AlNO4. The predicted octanol–water partition coefficient (Wildman–Crippen LogP) is 0.0752. The quantitative estimate of drug-likeness (QED) is 0.399. The van der Waals surface area contributed by atoms with Gasteiger partial charge in [-0.25, -0.2) is 0 Å². The number of carbonyl (C=O) groups excluding carboxylic acids is 1. The highest BCUT2D eigenvalue weighted by Crippen LogP contribution is 1.87. The van der Waals surface area contributed by atoms with Gasteiger partial charge in [-0.1, -0.05) is 5.28 Å². The Morgan fingerprint density at radius 3 is 2.41 bits per heavy atom. The topological polar surface area (TPSA) is 56.8 Å². The molecule has 0 aromatic rings. The van der Waals surface area contributed by atoms with Gasteiger partial charge in [-0.15, -0.1) is 5.79 Å². The van der Waals surface area contributed by atoms with E-state index in [4.69, 9.17) is 14.2 Å². The van der Waals surface area contributed by atoms with E-state index in [1.807, 2.05) is 0 Å². The number of ether oxygens (including phenoxy) is 3. The molecule has 0 bridgehead atoms. The fraction of sp³-hybridized carbons (Fsp3) is 0.909. The number of amides is 1. The van der Waals surface area contributed by atoms with E-state index in [1.165, 1.54) is 0 Å². The van der Waals surface area contributed by atoms with Crippen LogP contribution in [0.5, 0.6) is 0 Å². The van der Waals surface area contributed by atoms with Crippen molar-refractivity contribution in [1.82, 2.24) is 5.32 Å². The summed E-state index contributed by atoms with van der Waals surface area (Å²) in [6, 6.07) is 0. The highest BCUT2D eigenvalue weighted by Gasteiger charge is 1.99. The highest BCUT2D eigenvalue weighted by atomic mass is 27.1. The first-order valence-electron chi connectivity index (χ1n) is 6.22. The van der Waals surface area contributed by atoms with Crippen molar-refractivity contribution in [2.75, 3.05) is 46.7 Å². The second-order valence-electron chi connectivity index (χ2n) is 3.67. The van der Waals surface area contributed by atoms with Gasteiger partial charge >= 0.3 is 0 Å². The molecule has 100 valence electrons. The fourth-order valence-corrected chi connectivity index (χ4v) is 1.83. The smallest absolute Gasteiger partial charge is 0.234 e. The Bertz CT molecular complexity index is 181. The summed E-state index contributed by atoms with van der Waals surface area (Å²) in [6.07, 6.45) is 0.669. The van der Waals surface area contributed by atoms with E-state index in [0.29, 0.717) is 46.0 Å². The second kappa shape index (κ2) is 13.9. The Hall–Kier alpha value is -0.118. The number of methoxy groups -OCH3 is 1. The minimum atomic E-state index is 0.00524. The van der Waals surface area contributed by atoms with Crippen LogP contribution in [0.4, 0.5) is 0 Å². The van der Waals surface area contributed by atoms with Crippen LogP contribution in [0.1, 0.15) is 6.42 Å². The predicted molar refractivity (Wildman–Crippen MR) is 69.0 cm³/mol. The third-order valence-electron chi connectivity index (χ3n) is 2.13. The molecule has 0 saturated carbocycles. The first kappa shape index (κ1) is 16.9. The number of rotatable bonds is 12. The van der Waals surface area contributed by atoms with E-state index in [2.05, 4.69) is 11.1 Å². The largest absolute Gasteiger partial charge is 0.382 e. The summed E-state index contributed by atoms with van der Waals surface area (Å²) in [7, 11) is 1.64. The Kier molecular flexibility index (Phi) is 13.8. The molecule has 6 heteroatoms. The van der Waals surface area contributed by atoms with Gasteiger partial charge in [0, 0.05) is 20.1 Å². The van der Waals surface area contributed by atoms with Gasteiger partial charge in [0.25, 0.3) is 0 Å². The van der Waals surface area contributed by atoms with Crippen LogP contribution >= 0.6 is 0 Å². The normalized spacial score (nSPS) is 10.2. The molecule has 0 spiro atoms. The lowest BCUT2D eigenvalue weighted by molar-refractivity contribution is -0.121. The van der Waals surface area contributed by atoms with Gasteiger partial charge in [0.2, 0.25) is 21.1 Å². The third-order valence-corrected chi connectivity index (χ3v) is 3.19. The van der Waals surface area contributed by atoms with Gasteiger partial charge in [0.15, 0.2) is 0 Å². The lowest BCUT2D eigenvalue weighted by Crippen LogP contribution is -2.27. The molecule has 0 rings (SSSR count). The summed E-state index contributed by atoms with van der Waals surface area (Å²) in [4.78, 5) is 11.2. The first-order valence-corrected chi connectivity index (χ1v) is 8.63. The van der Waals surface area contributed by atoms with Crippen LogP contribution in [-0.2, 0) is 19.0 Å². The summed E-state index contributed by atoms with van der Waals surface area (Å²) in [5.74, 6) is 2.35. The molecule has 0 aliphatic heterocycles. The first-order chi connectivity index (χ1) is 8.31. The average molecular weight is 261 g/mol. The van der Waals surface area contributed by atoms with Gasteiger partial charge in [-0.3, -0.25) is 4.79 Å². The molecule has 0 atom stereocenters. The van der Waals surface area contributed by atoms with Crippen molar-refractivity contribution in [1.29, 1.82) is 0 Å². The van der Waals surface area contributed by atoms with E-state index < -0.39 is 0 Å². The molecule has 0 radical (unpaired) electrons. The van der Waals surface area contributed by atoms with Crippen molar-refractivity contribution in [3.63, 3.8) is 0 Å². The molecule has 0 aliphatic carbocycles. The summed E-state index contributed by atoms with van der Waals surface area (Å²) in [6.45, 7) is 3.46. The monoisotopic (exact) mass is 261 g/mol. The standard InChI is InChI=1S/C10H20NO4.CH3.Al.H/c1-3-10(12)11-4-5-14-8-9-15-7-6-13-2;;;/h1,3-9H2,2H3,(H,11,12);1H3;;. The van der Waals surface area contributed by atoms with Gasteiger partial charge in [-0.2, -0.15) is 0 Å². The minimum Gasteiger partial charge on any atom is -0.382 e. The van der Waals surface area contributed by atoms with Gasteiger partial charge < -0.3 is 19.5 Å². The van der Waals surface area contributed by atoms with Crippen molar-refractivity contribution in [3.8, 4) is 0 Å². The summed E-state index contributed by atoms with van der Waals surface area (Å²) >= 11 is 0.00524. The van der Waals surface area contributed by atoms with E-state index in [-0.39, 0.29) is 21.1 Å². The summed E-state index contributed by atoms with van der Waals surface area (Å²) in [5, 5.41) is 3.91. The van der Waals surface area contributed by atoms with Gasteiger partial charge in [0.1, 0.15) is 0 Å². The molecule has 0 saturated heterocycles. The number of nitrogens with one attached hydrogen (secondary N) is 1. The van der Waals surface area contributed by atoms with Crippen LogP contribution in [0.25, 0.3) is 0 Å². The zero-order valence-corrected chi connectivity index (χ0v) is 12.4. The highest BCUT2D eigenvalue weighted by molar-refractivity contribution is 6.33. The second-order valence-corrected chi connectivity index (χ2v) is 5.38. The van der Waals surface area contributed by atoms with Crippen molar-refractivity contribution < 1.29 is 19.0 Å². The minimum absolute atomic E-state index is 0.00524. The number of hydrogen-bond donors (Lipinski definition) is 1. The molecule has 0 unspecified atom stereocenters. The summed E-state index contributed by atoms with van der Waals surface area (Å²) < 4.78 is 15.4. The Morgan fingerprint density at radius 2 is 1.76 bits per heavy atom. The van der Waals surface area contributed by atoms with Gasteiger partial charge in [-0.05, 0) is 0 Å². The van der Waals surface area contributed by atoms with Gasteiger partial charge in [0.05, 0.1) is 33.0 Å². The molecule has 0 heterocycles. The third kappa shape index (κ3) is 13.8. The molecular weight excluding hydrogens is 237 g/mol. The average Bonchev–Trinajstić information content (AvgIpc) is 2.34. The van der Waals surface area contributed by atoms with Crippen molar-refractivity contribution in [2.45, 2.75) is 17.5 Å². The molecule has 1 N–H and O–H groups in total. The number of hydrogen-bond acceptors (Lipinski definition) is 4. The Labute approximate surface area is 110 Å². The van der Waals surface area contributed by atoms with E-state index in [0.717, 1.165) is 5.28 Å². The van der Waals surface area contributed by atoms with Crippen LogP contribution < -0.4 is 5.32 Å². The zero-order valence-electron chi connectivity index (χ0n) is 11.0. The molecule has 0 aromatic heterocycles. The molecule has 5 nitrogen and oxygen atoms in total. The lowest BCUT2D eigenvalue weighted by atomic mass is 10.4. The number of carbonyl (C=O) groups is 1. The van der Waals surface area contributed by atoms with Crippen LogP contribution in [0, 0.1) is 0 Å². The van der Waals surface area contributed by atoms with Crippen molar-refractivity contribution in [3.05, 3.63) is 0 Å². The lowest BCUT2D eigenvalue weighted by Gasteiger charge is -2.06. The van der Waals surface area contributed by atoms with E-state index in [9.17, 15) is 4.79 Å². The van der Waals surface area contributed by atoms with Crippen LogP contribution in [-0.4, -0.2) is 67.8 Å². The SMILES string of the molecule is COCCOCCOCCNC(=O)C[CH2][AlH][CH3]. The molecule has 0 aliphatic rings. The van der Waals surface area contributed by atoms with Crippen LogP contribution in [0.3, 0.4) is 0 Å². The van der Waals surface area contributed by atoms with E-state index >= 15 is 0 Å². The molecule has 17 heavy (non-hydrogen) atoms. The summed E-state index contributed by atoms with van der Waals surface area (Å²) in [5.41, 5.74) is 0. The molecule has 0 aromatic carbocycles. The maximum atomic E-state index is 11.2. The van der Waals surface area contributed by atoms with Crippen LogP contribution in [0.15, 0.2) is 0 Å². The van der Waals surface area contributed by atoms with Crippen molar-refractivity contribution >= 4 is 21.1 Å². The van der Waals surface area contributed by atoms with Crippen molar-refractivity contribution in [2.24, 2.45) is 0 Å². The fourth-order valence-electron chi connectivity index (χ4n) is 1.15. The zero-order chi connectivity index (χ0) is 12.8. The maximum Gasteiger partial charge on any atom is 0.234 e. The Balaban J connectivity index is 3.05.